The monoisotopic (exact) mass is 447 g/mol. The average molecular weight is 448 g/mol. The molecule has 1 N–H and O–H groups in total. The van der Waals surface area contributed by atoms with E-state index in [1.165, 1.54) is 11.8 Å². The summed E-state index contributed by atoms with van der Waals surface area (Å²) in [6.07, 6.45) is 0. The van der Waals surface area contributed by atoms with Gasteiger partial charge >= 0.3 is 0 Å². The van der Waals surface area contributed by atoms with Crippen molar-refractivity contribution in [3.05, 3.63) is 77.1 Å². The van der Waals surface area contributed by atoms with E-state index in [2.05, 4.69) is 15.5 Å². The van der Waals surface area contributed by atoms with Crippen LogP contribution >= 0.6 is 11.8 Å². The number of Topliss-reactive ketones (excluding diaryl/α,β-unsaturated/α-hetero) is 1. The van der Waals surface area contributed by atoms with Crippen molar-refractivity contribution in [3.63, 3.8) is 0 Å². The van der Waals surface area contributed by atoms with Gasteiger partial charge in [-0.15, -0.1) is 10.2 Å². The van der Waals surface area contributed by atoms with Gasteiger partial charge in [-0.3, -0.25) is 9.59 Å². The maximum atomic E-state index is 12.7. The SMILES string of the molecule is CCn1c(SCC(=O)c2ccc(C#N)cc2)nnc1C(NC(=O)c1ccccc1)C(C)C. The van der Waals surface area contributed by atoms with E-state index in [1.54, 1.807) is 36.4 Å². The van der Waals surface area contributed by atoms with E-state index in [0.29, 0.717) is 34.2 Å². The standard InChI is InChI=1S/C24H25N5O2S/c1-4-29-22(21(16(2)3)26-23(31)19-8-6-5-7-9-19)27-28-24(29)32-15-20(30)18-12-10-17(14-25)11-13-18/h5-13,16,21H,4,15H2,1-3H3,(H,26,31). The van der Waals surface area contributed by atoms with Crippen molar-refractivity contribution in [1.29, 1.82) is 5.26 Å². The minimum atomic E-state index is -0.321. The zero-order chi connectivity index (χ0) is 23.1. The highest BCUT2D eigenvalue weighted by Gasteiger charge is 2.26. The summed E-state index contributed by atoms with van der Waals surface area (Å²) in [4.78, 5) is 25.3. The first-order valence-electron chi connectivity index (χ1n) is 10.4. The third-order valence-electron chi connectivity index (χ3n) is 5.00. The van der Waals surface area contributed by atoms with Gasteiger partial charge in [0, 0.05) is 17.7 Å². The van der Waals surface area contributed by atoms with E-state index < -0.39 is 0 Å². The average Bonchev–Trinajstić information content (AvgIpc) is 3.23. The Bertz CT molecular complexity index is 1120. The van der Waals surface area contributed by atoms with Crippen LogP contribution < -0.4 is 5.32 Å². The van der Waals surface area contributed by atoms with Crippen molar-refractivity contribution in [2.75, 3.05) is 5.75 Å². The summed E-state index contributed by atoms with van der Waals surface area (Å²) >= 11 is 1.31. The fourth-order valence-corrected chi connectivity index (χ4v) is 4.13. The minimum absolute atomic E-state index is 0.0514. The molecule has 7 nitrogen and oxygen atoms in total. The largest absolute Gasteiger partial charge is 0.342 e. The molecule has 1 aromatic heterocycles. The van der Waals surface area contributed by atoms with Crippen LogP contribution in [0.3, 0.4) is 0 Å². The van der Waals surface area contributed by atoms with Crippen LogP contribution in [0, 0.1) is 17.2 Å². The third-order valence-corrected chi connectivity index (χ3v) is 5.96. The first-order chi connectivity index (χ1) is 15.4. The second-order valence-electron chi connectivity index (χ2n) is 7.55. The van der Waals surface area contributed by atoms with Crippen LogP contribution in [0.15, 0.2) is 59.8 Å². The first-order valence-corrected chi connectivity index (χ1v) is 11.4. The molecule has 32 heavy (non-hydrogen) atoms. The summed E-state index contributed by atoms with van der Waals surface area (Å²) in [6.45, 7) is 6.63. The fourth-order valence-electron chi connectivity index (χ4n) is 3.22. The fraction of sp³-hybridized carbons (Fsp3) is 0.292. The molecule has 0 aliphatic carbocycles. The number of nitrogens with zero attached hydrogens (tertiary/aromatic N) is 4. The maximum Gasteiger partial charge on any atom is 0.251 e. The van der Waals surface area contributed by atoms with Crippen molar-refractivity contribution < 1.29 is 9.59 Å². The number of amides is 1. The number of carbonyl (C=O) groups is 2. The number of ketones is 1. The predicted molar refractivity (Wildman–Crippen MR) is 123 cm³/mol. The number of thioether (sulfide) groups is 1. The molecule has 1 unspecified atom stereocenters. The first kappa shape index (κ1) is 23.2. The highest BCUT2D eigenvalue weighted by Crippen LogP contribution is 2.26. The predicted octanol–water partition coefficient (Wildman–Crippen LogP) is 4.27. The zero-order valence-electron chi connectivity index (χ0n) is 18.3. The van der Waals surface area contributed by atoms with Crippen LogP contribution in [0.4, 0.5) is 0 Å². The molecular formula is C24H25N5O2S. The van der Waals surface area contributed by atoms with Crippen LogP contribution in [0.1, 0.15) is 58.9 Å². The van der Waals surface area contributed by atoms with E-state index in [1.807, 2.05) is 49.6 Å². The lowest BCUT2D eigenvalue weighted by atomic mass is 10.0. The molecule has 0 saturated heterocycles. The van der Waals surface area contributed by atoms with Gasteiger partial charge in [-0.2, -0.15) is 5.26 Å². The molecule has 3 aromatic rings. The van der Waals surface area contributed by atoms with Crippen LogP contribution in [0.2, 0.25) is 0 Å². The van der Waals surface area contributed by atoms with E-state index in [-0.39, 0.29) is 29.4 Å². The maximum absolute atomic E-state index is 12.7. The molecule has 0 bridgehead atoms. The van der Waals surface area contributed by atoms with Gasteiger partial charge in [0.15, 0.2) is 16.8 Å². The lowest BCUT2D eigenvalue weighted by Crippen LogP contribution is -2.33. The van der Waals surface area contributed by atoms with Gasteiger partial charge in [-0.05, 0) is 37.1 Å². The Balaban J connectivity index is 1.75. The van der Waals surface area contributed by atoms with E-state index in [4.69, 9.17) is 5.26 Å². The van der Waals surface area contributed by atoms with Gasteiger partial charge in [0.1, 0.15) is 0 Å². The zero-order valence-corrected chi connectivity index (χ0v) is 19.1. The number of hydrogen-bond donors (Lipinski definition) is 1. The van der Waals surface area contributed by atoms with Crippen LogP contribution in [0.25, 0.3) is 0 Å². The van der Waals surface area contributed by atoms with Gasteiger partial charge in [-0.1, -0.05) is 55.9 Å². The molecule has 0 saturated carbocycles. The lowest BCUT2D eigenvalue weighted by molar-refractivity contribution is 0.0921. The Morgan fingerprint density at radius 1 is 1.06 bits per heavy atom. The molecule has 2 aromatic carbocycles. The summed E-state index contributed by atoms with van der Waals surface area (Å²) in [5.41, 5.74) is 1.65. The number of carbonyl (C=O) groups excluding carboxylic acids is 2. The Hall–Kier alpha value is -3.44. The molecule has 0 aliphatic rings. The molecule has 1 atom stereocenters. The normalized spacial score (nSPS) is 11.7. The van der Waals surface area contributed by atoms with Gasteiger partial charge in [0.05, 0.1) is 23.4 Å². The lowest BCUT2D eigenvalue weighted by Gasteiger charge is -2.22. The molecule has 164 valence electrons. The molecule has 1 heterocycles. The molecule has 0 aliphatic heterocycles. The van der Waals surface area contributed by atoms with Gasteiger partial charge in [0.25, 0.3) is 5.91 Å². The van der Waals surface area contributed by atoms with Crippen LogP contribution in [0.5, 0.6) is 0 Å². The van der Waals surface area contributed by atoms with Crippen molar-refractivity contribution >= 4 is 23.5 Å². The van der Waals surface area contributed by atoms with E-state index in [0.717, 1.165) is 0 Å². The smallest absolute Gasteiger partial charge is 0.251 e. The summed E-state index contributed by atoms with van der Waals surface area (Å²) in [5.74, 6) is 0.743. The number of nitriles is 1. The molecule has 0 spiro atoms. The van der Waals surface area contributed by atoms with E-state index in [9.17, 15) is 9.59 Å². The summed E-state index contributed by atoms with van der Waals surface area (Å²) < 4.78 is 1.94. The van der Waals surface area contributed by atoms with Gasteiger partial charge in [0.2, 0.25) is 0 Å². The molecule has 3 rings (SSSR count). The summed E-state index contributed by atoms with van der Waals surface area (Å²) in [7, 11) is 0. The van der Waals surface area contributed by atoms with Crippen molar-refractivity contribution in [1.82, 2.24) is 20.1 Å². The third kappa shape index (κ3) is 5.42. The minimum Gasteiger partial charge on any atom is -0.342 e. The van der Waals surface area contributed by atoms with Gasteiger partial charge in [-0.25, -0.2) is 0 Å². The van der Waals surface area contributed by atoms with Crippen LogP contribution in [-0.4, -0.2) is 32.2 Å². The van der Waals surface area contributed by atoms with Crippen molar-refractivity contribution in [3.8, 4) is 6.07 Å². The van der Waals surface area contributed by atoms with Crippen molar-refractivity contribution in [2.24, 2.45) is 5.92 Å². The quantitative estimate of drug-likeness (QED) is 0.388. The van der Waals surface area contributed by atoms with E-state index >= 15 is 0 Å². The summed E-state index contributed by atoms with van der Waals surface area (Å²) in [6, 6.07) is 17.4. The second-order valence-corrected chi connectivity index (χ2v) is 8.49. The number of rotatable bonds is 9. The number of benzene rings is 2. The molecule has 1 amide bonds. The Kier molecular flexibility index (Phi) is 7.79. The molecular weight excluding hydrogens is 422 g/mol. The second kappa shape index (κ2) is 10.7. The molecule has 0 radical (unpaired) electrons. The highest BCUT2D eigenvalue weighted by atomic mass is 32.2. The highest BCUT2D eigenvalue weighted by molar-refractivity contribution is 7.99. The van der Waals surface area contributed by atoms with Gasteiger partial charge < -0.3 is 9.88 Å². The van der Waals surface area contributed by atoms with Crippen LogP contribution in [-0.2, 0) is 6.54 Å². The Labute approximate surface area is 191 Å². The summed E-state index contributed by atoms with van der Waals surface area (Å²) in [5, 5.41) is 21.3. The Morgan fingerprint density at radius 2 is 1.75 bits per heavy atom. The molecule has 0 fully saturated rings. The number of aromatic nitrogens is 3. The topological polar surface area (TPSA) is 101 Å². The molecule has 8 heteroatoms. The number of hydrogen-bond acceptors (Lipinski definition) is 6. The van der Waals surface area contributed by atoms with Crippen molar-refractivity contribution in [2.45, 2.75) is 38.5 Å². The number of nitrogens with one attached hydrogen (secondary N) is 1. The Morgan fingerprint density at radius 3 is 2.34 bits per heavy atom.